The molecule has 0 aromatic rings. The molecular formula is C17H32N4O2. The Kier molecular flexibility index (Phi) is 8.39. The van der Waals surface area contributed by atoms with Crippen LogP contribution in [0.15, 0.2) is 0 Å². The predicted octanol–water partition coefficient (Wildman–Crippen LogP) is 0.581. The van der Waals surface area contributed by atoms with Crippen LogP contribution in [0.1, 0.15) is 44.9 Å². The molecule has 0 unspecified atom stereocenters. The van der Waals surface area contributed by atoms with Gasteiger partial charge in [0, 0.05) is 39.3 Å². The molecule has 2 aliphatic rings. The number of rotatable bonds is 14. The molecule has 6 nitrogen and oxygen atoms in total. The summed E-state index contributed by atoms with van der Waals surface area (Å²) in [5.74, 6) is 0.339. The van der Waals surface area contributed by atoms with Gasteiger partial charge in [-0.15, -0.1) is 0 Å². The zero-order valence-electron chi connectivity index (χ0n) is 14.3. The number of nitrogens with one attached hydrogen (secondary N) is 2. The average Bonchev–Trinajstić information content (AvgIpc) is 3.41. The van der Waals surface area contributed by atoms with E-state index in [0.29, 0.717) is 13.1 Å². The summed E-state index contributed by atoms with van der Waals surface area (Å²) >= 11 is 0. The van der Waals surface area contributed by atoms with Crippen molar-refractivity contribution in [1.82, 2.24) is 20.4 Å². The molecule has 132 valence electrons. The van der Waals surface area contributed by atoms with E-state index in [1.165, 1.54) is 32.1 Å². The smallest absolute Gasteiger partial charge is 0.234 e. The lowest BCUT2D eigenvalue weighted by Crippen LogP contribution is -2.30. The number of hydrogen-bond donors (Lipinski definition) is 2. The minimum absolute atomic E-state index is 0.169. The lowest BCUT2D eigenvalue weighted by Gasteiger charge is -2.06. The van der Waals surface area contributed by atoms with Crippen LogP contribution in [0.3, 0.4) is 0 Å². The van der Waals surface area contributed by atoms with Gasteiger partial charge in [0.15, 0.2) is 0 Å². The number of hydrogen-bond acceptors (Lipinski definition) is 4. The van der Waals surface area contributed by atoms with Gasteiger partial charge in [0.05, 0.1) is 13.1 Å². The first kappa shape index (κ1) is 18.2. The maximum absolute atomic E-state index is 11.5. The number of carbonyl (C=O) groups excluding carboxylic acids is 2. The largest absolute Gasteiger partial charge is 0.355 e. The van der Waals surface area contributed by atoms with Crippen LogP contribution in [0.2, 0.25) is 0 Å². The fourth-order valence-electron chi connectivity index (χ4n) is 2.57. The van der Waals surface area contributed by atoms with Crippen molar-refractivity contribution in [2.75, 3.05) is 52.4 Å². The number of amides is 2. The summed E-state index contributed by atoms with van der Waals surface area (Å²) in [4.78, 5) is 27.2. The summed E-state index contributed by atoms with van der Waals surface area (Å²) in [6, 6.07) is 0. The molecule has 2 saturated heterocycles. The Hall–Kier alpha value is -1.14. The summed E-state index contributed by atoms with van der Waals surface area (Å²) < 4.78 is 0. The monoisotopic (exact) mass is 324 g/mol. The second kappa shape index (κ2) is 10.6. The molecule has 2 amide bonds. The Balaban J connectivity index is 1.25. The van der Waals surface area contributed by atoms with Crippen molar-refractivity contribution in [3.63, 3.8) is 0 Å². The van der Waals surface area contributed by atoms with E-state index in [4.69, 9.17) is 0 Å². The SMILES string of the molecule is O=C(CN1CC1)NCCCCCCCCCNC(=O)CN1CC1. The first-order valence-electron chi connectivity index (χ1n) is 9.22. The van der Waals surface area contributed by atoms with Crippen molar-refractivity contribution in [3.8, 4) is 0 Å². The number of carbonyl (C=O) groups is 2. The lowest BCUT2D eigenvalue weighted by atomic mass is 10.1. The highest BCUT2D eigenvalue weighted by atomic mass is 16.2. The van der Waals surface area contributed by atoms with Crippen LogP contribution in [0.5, 0.6) is 0 Å². The molecule has 0 aromatic heterocycles. The Morgan fingerprint density at radius 3 is 1.30 bits per heavy atom. The molecule has 0 atom stereocenters. The third kappa shape index (κ3) is 10.3. The van der Waals surface area contributed by atoms with Crippen LogP contribution < -0.4 is 10.6 Å². The van der Waals surface area contributed by atoms with Crippen molar-refractivity contribution >= 4 is 11.8 Å². The summed E-state index contributed by atoms with van der Waals surface area (Å²) in [5.41, 5.74) is 0. The molecule has 0 aliphatic carbocycles. The highest BCUT2D eigenvalue weighted by Crippen LogP contribution is 2.07. The van der Waals surface area contributed by atoms with E-state index in [1.807, 2.05) is 0 Å². The molecule has 0 bridgehead atoms. The summed E-state index contributed by atoms with van der Waals surface area (Å²) in [7, 11) is 0. The van der Waals surface area contributed by atoms with Gasteiger partial charge in [-0.25, -0.2) is 0 Å². The van der Waals surface area contributed by atoms with Crippen LogP contribution in [0.25, 0.3) is 0 Å². The maximum Gasteiger partial charge on any atom is 0.234 e. The Bertz CT molecular complexity index is 334. The first-order valence-corrected chi connectivity index (χ1v) is 9.22. The maximum atomic E-state index is 11.5. The van der Waals surface area contributed by atoms with Crippen LogP contribution in [-0.4, -0.2) is 74.0 Å². The van der Waals surface area contributed by atoms with Gasteiger partial charge in [0.2, 0.25) is 11.8 Å². The molecule has 2 heterocycles. The van der Waals surface area contributed by atoms with Crippen molar-refractivity contribution in [2.45, 2.75) is 44.9 Å². The van der Waals surface area contributed by atoms with Gasteiger partial charge in [0.25, 0.3) is 0 Å². The molecule has 23 heavy (non-hydrogen) atoms. The Labute approximate surface area is 140 Å². The van der Waals surface area contributed by atoms with Gasteiger partial charge < -0.3 is 10.6 Å². The molecule has 0 spiro atoms. The lowest BCUT2D eigenvalue weighted by molar-refractivity contribution is -0.121. The van der Waals surface area contributed by atoms with Crippen molar-refractivity contribution in [1.29, 1.82) is 0 Å². The summed E-state index contributed by atoms with van der Waals surface area (Å²) in [6.45, 7) is 7.10. The molecule has 6 heteroatoms. The van der Waals surface area contributed by atoms with Crippen molar-refractivity contribution in [2.24, 2.45) is 0 Å². The quantitative estimate of drug-likeness (QED) is 0.362. The molecule has 0 aromatic carbocycles. The Morgan fingerprint density at radius 1 is 0.609 bits per heavy atom. The zero-order chi connectivity index (χ0) is 16.3. The van der Waals surface area contributed by atoms with E-state index in [1.54, 1.807) is 0 Å². The first-order chi connectivity index (χ1) is 11.2. The third-order valence-corrected chi connectivity index (χ3v) is 4.31. The normalized spacial score (nSPS) is 17.0. The second-order valence-electron chi connectivity index (χ2n) is 6.73. The minimum Gasteiger partial charge on any atom is -0.355 e. The Morgan fingerprint density at radius 2 is 0.957 bits per heavy atom. The van der Waals surface area contributed by atoms with Gasteiger partial charge in [-0.3, -0.25) is 19.4 Å². The van der Waals surface area contributed by atoms with Gasteiger partial charge in [-0.05, 0) is 12.8 Å². The standard InChI is InChI=1S/C17H32N4O2/c22-16(14-20-10-11-20)18-8-6-4-2-1-3-5-7-9-19-17(23)15-21-12-13-21/h1-15H2,(H,18,22)(H,19,23). The molecule has 2 aliphatic heterocycles. The van der Waals surface area contributed by atoms with Crippen LogP contribution in [0, 0.1) is 0 Å². The fraction of sp³-hybridized carbons (Fsp3) is 0.882. The molecule has 0 radical (unpaired) electrons. The van der Waals surface area contributed by atoms with Crippen molar-refractivity contribution in [3.05, 3.63) is 0 Å². The van der Waals surface area contributed by atoms with Crippen LogP contribution in [0.4, 0.5) is 0 Å². The molecular weight excluding hydrogens is 292 g/mol. The molecule has 2 N–H and O–H groups in total. The van der Waals surface area contributed by atoms with E-state index < -0.39 is 0 Å². The van der Waals surface area contributed by atoms with Crippen LogP contribution in [-0.2, 0) is 9.59 Å². The van der Waals surface area contributed by atoms with E-state index in [0.717, 1.165) is 52.1 Å². The van der Waals surface area contributed by atoms with E-state index in [2.05, 4.69) is 20.4 Å². The zero-order valence-corrected chi connectivity index (χ0v) is 14.3. The van der Waals surface area contributed by atoms with Gasteiger partial charge in [-0.2, -0.15) is 0 Å². The van der Waals surface area contributed by atoms with Crippen LogP contribution >= 0.6 is 0 Å². The number of nitrogens with zero attached hydrogens (tertiary/aromatic N) is 2. The van der Waals surface area contributed by atoms with Gasteiger partial charge in [0.1, 0.15) is 0 Å². The molecule has 2 rings (SSSR count). The highest BCUT2D eigenvalue weighted by molar-refractivity contribution is 5.78. The van der Waals surface area contributed by atoms with E-state index >= 15 is 0 Å². The fourth-order valence-corrected chi connectivity index (χ4v) is 2.57. The molecule has 0 saturated carbocycles. The number of unbranched alkanes of at least 4 members (excludes halogenated alkanes) is 6. The second-order valence-corrected chi connectivity index (χ2v) is 6.73. The topological polar surface area (TPSA) is 64.2 Å². The average molecular weight is 324 g/mol. The van der Waals surface area contributed by atoms with E-state index in [9.17, 15) is 9.59 Å². The summed E-state index contributed by atoms with van der Waals surface area (Å²) in [6.07, 6.45) is 8.28. The van der Waals surface area contributed by atoms with Gasteiger partial charge >= 0.3 is 0 Å². The molecule has 2 fully saturated rings. The minimum atomic E-state index is 0.169. The predicted molar refractivity (Wildman–Crippen MR) is 91.2 cm³/mol. The summed E-state index contributed by atoms with van der Waals surface area (Å²) in [5, 5.41) is 5.95. The third-order valence-electron chi connectivity index (χ3n) is 4.31. The van der Waals surface area contributed by atoms with Gasteiger partial charge in [-0.1, -0.05) is 32.1 Å². The van der Waals surface area contributed by atoms with E-state index in [-0.39, 0.29) is 11.8 Å². The van der Waals surface area contributed by atoms with Crippen molar-refractivity contribution < 1.29 is 9.59 Å². The highest BCUT2D eigenvalue weighted by Gasteiger charge is 2.20.